The van der Waals surface area contributed by atoms with E-state index in [9.17, 15) is 19.5 Å². The van der Waals surface area contributed by atoms with Crippen LogP contribution in [0.4, 0.5) is 4.79 Å². The number of benzene rings is 2. The van der Waals surface area contributed by atoms with Crippen molar-refractivity contribution in [3.8, 4) is 11.1 Å². The molecule has 2 saturated heterocycles. The summed E-state index contributed by atoms with van der Waals surface area (Å²) in [4.78, 5) is 39.1. The van der Waals surface area contributed by atoms with Gasteiger partial charge in [0.2, 0.25) is 5.91 Å². The summed E-state index contributed by atoms with van der Waals surface area (Å²) in [6, 6.07) is 16.3. The first-order valence-electron chi connectivity index (χ1n) is 12.1. The highest BCUT2D eigenvalue weighted by molar-refractivity contribution is 5.83. The Labute approximate surface area is 204 Å². The first-order chi connectivity index (χ1) is 16.9. The first kappa shape index (κ1) is 23.4. The van der Waals surface area contributed by atoms with Gasteiger partial charge >= 0.3 is 12.1 Å². The lowest BCUT2D eigenvalue weighted by molar-refractivity contribution is -0.157. The zero-order valence-corrected chi connectivity index (χ0v) is 19.7. The zero-order valence-electron chi connectivity index (χ0n) is 19.7. The lowest BCUT2D eigenvalue weighted by atomic mass is 9.74. The minimum absolute atomic E-state index is 0.0328. The molecule has 2 aliphatic heterocycles. The first-order valence-corrected chi connectivity index (χ1v) is 12.1. The number of hydrogen-bond donors (Lipinski definition) is 2. The van der Waals surface area contributed by atoms with E-state index in [4.69, 9.17) is 9.47 Å². The van der Waals surface area contributed by atoms with Gasteiger partial charge in [-0.15, -0.1) is 0 Å². The molecule has 3 aliphatic rings. The minimum Gasteiger partial charge on any atom is -0.481 e. The summed E-state index contributed by atoms with van der Waals surface area (Å²) >= 11 is 0. The van der Waals surface area contributed by atoms with Crippen LogP contribution >= 0.6 is 0 Å². The Morgan fingerprint density at radius 3 is 2.43 bits per heavy atom. The van der Waals surface area contributed by atoms with Crippen LogP contribution in [-0.2, 0) is 19.1 Å². The van der Waals surface area contributed by atoms with E-state index in [1.165, 1.54) is 0 Å². The molecule has 3 atom stereocenters. The third-order valence-electron chi connectivity index (χ3n) is 7.76. The van der Waals surface area contributed by atoms with Crippen molar-refractivity contribution in [3.63, 3.8) is 0 Å². The van der Waals surface area contributed by atoms with Crippen LogP contribution in [-0.4, -0.2) is 67.4 Å². The van der Waals surface area contributed by atoms with Crippen molar-refractivity contribution in [1.29, 1.82) is 0 Å². The molecule has 2 N–H and O–H groups in total. The number of likely N-dealkylation sites (tertiary alicyclic amines) is 1. The van der Waals surface area contributed by atoms with Crippen molar-refractivity contribution in [3.05, 3.63) is 59.7 Å². The molecule has 35 heavy (non-hydrogen) atoms. The number of carboxylic acid groups (broad SMARTS) is 1. The van der Waals surface area contributed by atoms with Crippen molar-refractivity contribution < 1.29 is 29.0 Å². The molecule has 2 amide bonds. The number of aliphatic carboxylic acids is 1. The molecule has 0 aromatic heterocycles. The number of ether oxygens (including phenoxy) is 2. The van der Waals surface area contributed by atoms with Crippen molar-refractivity contribution in [2.75, 3.05) is 39.5 Å². The van der Waals surface area contributed by atoms with Gasteiger partial charge in [-0.3, -0.25) is 9.59 Å². The number of carbonyl (C=O) groups is 3. The summed E-state index contributed by atoms with van der Waals surface area (Å²) in [7, 11) is 0. The normalized spacial score (nSPS) is 23.7. The molecule has 0 radical (unpaired) electrons. The molecular weight excluding hydrogens is 448 g/mol. The van der Waals surface area contributed by atoms with E-state index in [2.05, 4.69) is 29.6 Å². The van der Waals surface area contributed by atoms with E-state index < -0.39 is 23.4 Å². The maximum absolute atomic E-state index is 13.0. The Morgan fingerprint density at radius 2 is 1.80 bits per heavy atom. The van der Waals surface area contributed by atoms with Crippen molar-refractivity contribution >= 4 is 18.0 Å². The van der Waals surface area contributed by atoms with Crippen LogP contribution in [0.2, 0.25) is 0 Å². The van der Waals surface area contributed by atoms with Crippen molar-refractivity contribution in [2.24, 2.45) is 17.3 Å². The molecule has 2 aromatic carbocycles. The number of hydrogen-bond acceptors (Lipinski definition) is 5. The van der Waals surface area contributed by atoms with Gasteiger partial charge in [0.1, 0.15) is 6.61 Å². The number of nitrogens with one attached hydrogen (secondary N) is 1. The molecule has 184 valence electrons. The molecule has 8 heteroatoms. The Bertz CT molecular complexity index is 1100. The van der Waals surface area contributed by atoms with Gasteiger partial charge in [0.25, 0.3) is 0 Å². The van der Waals surface area contributed by atoms with Gasteiger partial charge in [0.15, 0.2) is 0 Å². The summed E-state index contributed by atoms with van der Waals surface area (Å²) in [5.41, 5.74) is 3.65. The SMILES string of the molecule is CC(CNC(=O)OCC1c2ccccc2-c2ccccc21)C(=O)N1C[C@@H]2COCC[C@]2(C(=O)O)C1. The maximum Gasteiger partial charge on any atom is 0.407 e. The zero-order chi connectivity index (χ0) is 24.6. The van der Waals surface area contributed by atoms with Gasteiger partial charge < -0.3 is 24.8 Å². The highest BCUT2D eigenvalue weighted by atomic mass is 16.5. The number of amides is 2. The second-order valence-corrected chi connectivity index (χ2v) is 9.81. The predicted octanol–water partition coefficient (Wildman–Crippen LogP) is 3.11. The summed E-state index contributed by atoms with van der Waals surface area (Å²) in [5.74, 6) is -1.78. The number of rotatable bonds is 6. The predicted molar refractivity (Wildman–Crippen MR) is 128 cm³/mol. The number of fused-ring (bicyclic) bond motifs is 4. The molecule has 2 heterocycles. The van der Waals surface area contributed by atoms with Crippen LogP contribution in [0.5, 0.6) is 0 Å². The van der Waals surface area contributed by atoms with Gasteiger partial charge in [0, 0.05) is 38.1 Å². The number of alkyl carbamates (subject to hydrolysis) is 1. The highest BCUT2D eigenvalue weighted by Crippen LogP contribution is 2.45. The van der Waals surface area contributed by atoms with Crippen LogP contribution in [0.1, 0.15) is 30.4 Å². The van der Waals surface area contributed by atoms with Crippen LogP contribution in [0.3, 0.4) is 0 Å². The third kappa shape index (κ3) is 4.16. The molecule has 1 unspecified atom stereocenters. The third-order valence-corrected chi connectivity index (χ3v) is 7.76. The average molecular weight is 479 g/mol. The molecule has 8 nitrogen and oxygen atoms in total. The highest BCUT2D eigenvalue weighted by Gasteiger charge is 2.55. The number of carbonyl (C=O) groups excluding carboxylic acids is 2. The topological polar surface area (TPSA) is 105 Å². The van der Waals surface area contributed by atoms with E-state index in [1.54, 1.807) is 11.8 Å². The number of carboxylic acids is 1. The number of nitrogens with zero attached hydrogens (tertiary/aromatic N) is 1. The Balaban J connectivity index is 1.15. The fourth-order valence-electron chi connectivity index (χ4n) is 5.75. The van der Waals surface area contributed by atoms with E-state index >= 15 is 0 Å². The van der Waals surface area contributed by atoms with Crippen LogP contribution < -0.4 is 5.32 Å². The summed E-state index contributed by atoms with van der Waals surface area (Å²) < 4.78 is 11.0. The molecule has 0 spiro atoms. The van der Waals surface area contributed by atoms with Crippen molar-refractivity contribution in [2.45, 2.75) is 19.3 Å². The molecule has 2 fully saturated rings. The lowest BCUT2D eigenvalue weighted by Gasteiger charge is -2.33. The van der Waals surface area contributed by atoms with Gasteiger partial charge in [-0.1, -0.05) is 55.5 Å². The largest absolute Gasteiger partial charge is 0.481 e. The smallest absolute Gasteiger partial charge is 0.407 e. The van der Waals surface area contributed by atoms with Crippen LogP contribution in [0, 0.1) is 17.3 Å². The van der Waals surface area contributed by atoms with Crippen molar-refractivity contribution in [1.82, 2.24) is 10.2 Å². The van der Waals surface area contributed by atoms with Gasteiger partial charge in [-0.2, -0.15) is 0 Å². The molecule has 0 bridgehead atoms. The lowest BCUT2D eigenvalue weighted by Crippen LogP contribution is -2.45. The fraction of sp³-hybridized carbons (Fsp3) is 0.444. The van der Waals surface area contributed by atoms with E-state index in [0.29, 0.717) is 26.2 Å². The van der Waals surface area contributed by atoms with E-state index in [0.717, 1.165) is 22.3 Å². The standard InChI is InChI=1S/C27H30N2O6/c1-17(24(30)29-13-18-14-34-11-10-27(18,16-29)25(31)32)12-28-26(33)35-15-23-21-8-4-2-6-19(21)20-7-3-5-9-22(20)23/h2-9,17-18,23H,10-16H2,1H3,(H,28,33)(H,31,32)/t17?,18-,27+/m1/s1. The van der Waals surface area contributed by atoms with Crippen LogP contribution in [0.15, 0.2) is 48.5 Å². The molecule has 0 saturated carbocycles. The molecule has 5 rings (SSSR count). The Hall–Kier alpha value is -3.39. The van der Waals surface area contributed by atoms with E-state index in [-0.39, 0.29) is 37.4 Å². The molecular formula is C27H30N2O6. The van der Waals surface area contributed by atoms with Gasteiger partial charge in [-0.25, -0.2) is 4.79 Å². The second kappa shape index (κ2) is 9.34. The van der Waals surface area contributed by atoms with Gasteiger partial charge in [-0.05, 0) is 28.7 Å². The minimum atomic E-state index is -0.937. The van der Waals surface area contributed by atoms with Gasteiger partial charge in [0.05, 0.1) is 17.9 Å². The fourth-order valence-corrected chi connectivity index (χ4v) is 5.75. The van der Waals surface area contributed by atoms with Crippen LogP contribution in [0.25, 0.3) is 11.1 Å². The van der Waals surface area contributed by atoms with E-state index in [1.807, 2.05) is 24.3 Å². The maximum atomic E-state index is 13.0. The Morgan fingerprint density at radius 1 is 1.14 bits per heavy atom. The average Bonchev–Trinajstić information content (AvgIpc) is 3.43. The molecule has 2 aromatic rings. The quantitative estimate of drug-likeness (QED) is 0.661. The summed E-state index contributed by atoms with van der Waals surface area (Å²) in [5, 5.41) is 12.5. The summed E-state index contributed by atoms with van der Waals surface area (Å²) in [6.45, 7) is 3.35. The second-order valence-electron chi connectivity index (χ2n) is 9.81. The molecule has 1 aliphatic carbocycles. The monoisotopic (exact) mass is 478 g/mol. The Kier molecular flexibility index (Phi) is 6.23. The summed E-state index contributed by atoms with van der Waals surface area (Å²) in [6.07, 6.45) is -0.166.